The Labute approximate surface area is 108 Å². The molecule has 100 valence electrons. The van der Waals surface area contributed by atoms with Crippen LogP contribution in [0.15, 0.2) is 0 Å². The lowest BCUT2D eigenvalue weighted by Crippen LogP contribution is -2.28. The van der Waals surface area contributed by atoms with Crippen LogP contribution in [-0.4, -0.2) is 43.3 Å². The van der Waals surface area contributed by atoms with E-state index in [2.05, 4.69) is 20.5 Å². The Balaban J connectivity index is 1.78. The van der Waals surface area contributed by atoms with Crippen molar-refractivity contribution in [1.82, 2.24) is 20.5 Å². The summed E-state index contributed by atoms with van der Waals surface area (Å²) in [7, 11) is -0.852. The molecule has 1 fully saturated rings. The highest BCUT2D eigenvalue weighted by Gasteiger charge is 2.28. The minimum Gasteiger partial charge on any atom is -0.349 e. The quantitative estimate of drug-likeness (QED) is 0.791. The van der Waals surface area contributed by atoms with E-state index in [1.807, 2.05) is 6.92 Å². The summed E-state index contributed by atoms with van der Waals surface area (Å²) in [6.45, 7) is 2.40. The monoisotopic (exact) mass is 270 g/mol. The molecule has 0 radical (unpaired) electrons. The van der Waals surface area contributed by atoms with Gasteiger partial charge in [-0.05, 0) is 19.3 Å². The number of H-pyrrole nitrogens is 1. The number of aromatic amines is 1. The van der Waals surface area contributed by atoms with Crippen molar-refractivity contribution in [3.8, 4) is 0 Å². The first kappa shape index (κ1) is 13.2. The van der Waals surface area contributed by atoms with Crippen molar-refractivity contribution >= 4 is 16.7 Å². The van der Waals surface area contributed by atoms with Gasteiger partial charge in [0, 0.05) is 34.8 Å². The molecule has 0 aromatic carbocycles. The average Bonchev–Trinajstić information content (AvgIpc) is 3.06. The van der Waals surface area contributed by atoms with Crippen molar-refractivity contribution in [3.63, 3.8) is 0 Å². The number of rotatable bonds is 6. The molecule has 0 saturated heterocycles. The number of amides is 1. The molecule has 0 spiro atoms. The largest absolute Gasteiger partial charge is 0.349 e. The third-order valence-electron chi connectivity index (χ3n) is 3.07. The van der Waals surface area contributed by atoms with Gasteiger partial charge in [0.15, 0.2) is 0 Å². The van der Waals surface area contributed by atoms with Gasteiger partial charge in [0.05, 0.1) is 0 Å². The van der Waals surface area contributed by atoms with E-state index in [1.54, 1.807) is 6.26 Å². The van der Waals surface area contributed by atoms with Crippen molar-refractivity contribution in [2.45, 2.75) is 37.4 Å². The van der Waals surface area contributed by atoms with Crippen molar-refractivity contribution in [2.24, 2.45) is 0 Å². The summed E-state index contributed by atoms with van der Waals surface area (Å²) in [5, 5.41) is 9.52. The minimum absolute atomic E-state index is 0.0828. The van der Waals surface area contributed by atoms with E-state index >= 15 is 0 Å². The molecule has 1 saturated carbocycles. The zero-order valence-corrected chi connectivity index (χ0v) is 11.4. The fraction of sp³-hybridized carbons (Fsp3) is 0.727. The highest BCUT2D eigenvalue weighted by atomic mass is 32.2. The summed E-state index contributed by atoms with van der Waals surface area (Å²) in [4.78, 5) is 15.9. The van der Waals surface area contributed by atoms with E-state index in [-0.39, 0.29) is 17.0 Å². The van der Waals surface area contributed by atoms with E-state index in [4.69, 9.17) is 0 Å². The smallest absolute Gasteiger partial charge is 0.290 e. The third kappa shape index (κ3) is 3.38. The predicted molar refractivity (Wildman–Crippen MR) is 68.8 cm³/mol. The second-order valence-corrected chi connectivity index (χ2v) is 6.47. The van der Waals surface area contributed by atoms with Gasteiger partial charge < -0.3 is 5.32 Å². The summed E-state index contributed by atoms with van der Waals surface area (Å²) >= 11 is 0. The maximum Gasteiger partial charge on any atom is 0.290 e. The van der Waals surface area contributed by atoms with Gasteiger partial charge in [0.25, 0.3) is 5.91 Å². The van der Waals surface area contributed by atoms with Crippen molar-refractivity contribution < 1.29 is 9.00 Å². The number of hydrogen-bond acceptors (Lipinski definition) is 4. The molecule has 2 atom stereocenters. The van der Waals surface area contributed by atoms with Gasteiger partial charge in [-0.2, -0.15) is 0 Å². The average molecular weight is 270 g/mol. The van der Waals surface area contributed by atoms with Crippen LogP contribution >= 0.6 is 0 Å². The number of hydrogen-bond donors (Lipinski definition) is 2. The highest BCUT2D eigenvalue weighted by molar-refractivity contribution is 7.84. The summed E-state index contributed by atoms with van der Waals surface area (Å²) in [5.41, 5.74) is 0. The lowest BCUT2D eigenvalue weighted by atomic mass is 10.3. The second-order valence-electron chi connectivity index (χ2n) is 4.67. The lowest BCUT2D eigenvalue weighted by Gasteiger charge is -2.07. The van der Waals surface area contributed by atoms with Crippen LogP contribution in [0.1, 0.15) is 48.5 Å². The molecule has 2 rings (SSSR count). The first-order chi connectivity index (χ1) is 8.58. The predicted octanol–water partition coefficient (Wildman–Crippen LogP) is 0.569. The molecule has 1 aliphatic carbocycles. The fourth-order valence-electron chi connectivity index (χ4n) is 1.55. The molecule has 6 nitrogen and oxygen atoms in total. The Hall–Kier alpha value is -1.24. The summed E-state index contributed by atoms with van der Waals surface area (Å²) < 4.78 is 11.1. The fourth-order valence-corrected chi connectivity index (χ4v) is 2.00. The summed E-state index contributed by atoms with van der Waals surface area (Å²) in [6, 6.07) is 0. The van der Waals surface area contributed by atoms with Crippen LogP contribution in [0.25, 0.3) is 0 Å². The van der Waals surface area contributed by atoms with E-state index in [0.717, 1.165) is 18.7 Å². The van der Waals surface area contributed by atoms with E-state index in [0.29, 0.717) is 18.9 Å². The van der Waals surface area contributed by atoms with Gasteiger partial charge in [0.2, 0.25) is 5.82 Å². The molecule has 0 aliphatic heterocycles. The molecule has 2 N–H and O–H groups in total. The van der Waals surface area contributed by atoms with Crippen LogP contribution in [0.5, 0.6) is 0 Å². The zero-order chi connectivity index (χ0) is 13.1. The van der Waals surface area contributed by atoms with Crippen LogP contribution < -0.4 is 5.32 Å². The Morgan fingerprint density at radius 1 is 1.61 bits per heavy atom. The molecule has 1 aromatic heterocycles. The Kier molecular flexibility index (Phi) is 4.11. The molecule has 1 heterocycles. The molecule has 1 amide bonds. The maximum atomic E-state index is 11.7. The van der Waals surface area contributed by atoms with Crippen LogP contribution in [0.4, 0.5) is 0 Å². The standard InChI is InChI=1S/C11H18N4O2S/c1-7(18(2)17)5-6-12-11(16)10-13-9(14-15-10)8-3-4-8/h7-8H,3-6H2,1-2H3,(H,12,16)(H,13,14,15). The molecule has 2 unspecified atom stereocenters. The van der Waals surface area contributed by atoms with Crippen LogP contribution in [0.2, 0.25) is 0 Å². The molecule has 7 heteroatoms. The molecule has 18 heavy (non-hydrogen) atoms. The number of carbonyl (C=O) groups is 1. The van der Waals surface area contributed by atoms with Gasteiger partial charge in [-0.25, -0.2) is 4.98 Å². The molecular formula is C11H18N4O2S. The Morgan fingerprint density at radius 2 is 2.33 bits per heavy atom. The molecule has 1 aromatic rings. The molecular weight excluding hydrogens is 252 g/mol. The first-order valence-electron chi connectivity index (χ1n) is 6.10. The van der Waals surface area contributed by atoms with Crippen LogP contribution in [0, 0.1) is 0 Å². The Morgan fingerprint density at radius 3 is 2.94 bits per heavy atom. The number of nitrogens with one attached hydrogen (secondary N) is 2. The Bertz CT molecular complexity index is 456. The topological polar surface area (TPSA) is 87.7 Å². The molecule has 1 aliphatic rings. The molecule has 0 bridgehead atoms. The number of carbonyl (C=O) groups excluding carboxylic acids is 1. The van der Waals surface area contributed by atoms with Gasteiger partial charge in [-0.3, -0.25) is 14.1 Å². The van der Waals surface area contributed by atoms with Crippen molar-refractivity contribution in [3.05, 3.63) is 11.6 Å². The summed E-state index contributed by atoms with van der Waals surface area (Å²) in [6.07, 6.45) is 4.60. The van der Waals surface area contributed by atoms with Gasteiger partial charge in [-0.15, -0.1) is 5.10 Å². The van der Waals surface area contributed by atoms with E-state index < -0.39 is 10.8 Å². The second kappa shape index (κ2) is 5.60. The lowest BCUT2D eigenvalue weighted by molar-refractivity contribution is 0.0943. The first-order valence-corrected chi connectivity index (χ1v) is 7.72. The van der Waals surface area contributed by atoms with Crippen LogP contribution in [0.3, 0.4) is 0 Å². The van der Waals surface area contributed by atoms with Crippen LogP contribution in [-0.2, 0) is 10.8 Å². The summed E-state index contributed by atoms with van der Waals surface area (Å²) in [5.74, 6) is 1.19. The van der Waals surface area contributed by atoms with E-state index in [9.17, 15) is 9.00 Å². The number of aromatic nitrogens is 3. The van der Waals surface area contributed by atoms with Crippen molar-refractivity contribution in [1.29, 1.82) is 0 Å². The number of nitrogens with zero attached hydrogens (tertiary/aromatic N) is 2. The third-order valence-corrected chi connectivity index (χ3v) is 4.44. The zero-order valence-electron chi connectivity index (χ0n) is 10.6. The van der Waals surface area contributed by atoms with E-state index in [1.165, 1.54) is 0 Å². The SMILES string of the molecule is CC(CCNC(=O)c1n[nH]c(C2CC2)n1)S(C)=O. The van der Waals surface area contributed by atoms with Crippen molar-refractivity contribution in [2.75, 3.05) is 12.8 Å². The maximum absolute atomic E-state index is 11.7. The van der Waals surface area contributed by atoms with Gasteiger partial charge in [0.1, 0.15) is 5.82 Å². The normalized spacial score (nSPS) is 18.3. The van der Waals surface area contributed by atoms with Gasteiger partial charge >= 0.3 is 0 Å². The highest BCUT2D eigenvalue weighted by Crippen LogP contribution is 2.37. The van der Waals surface area contributed by atoms with Gasteiger partial charge in [-0.1, -0.05) is 6.92 Å². The minimum atomic E-state index is -0.852.